The van der Waals surface area contributed by atoms with E-state index >= 15 is 0 Å². The van der Waals surface area contributed by atoms with Gasteiger partial charge >= 0.3 is 0 Å². The lowest BCUT2D eigenvalue weighted by molar-refractivity contribution is -0.126. The van der Waals surface area contributed by atoms with Gasteiger partial charge in [0.05, 0.1) is 11.6 Å². The summed E-state index contributed by atoms with van der Waals surface area (Å²) >= 11 is 0. The van der Waals surface area contributed by atoms with Gasteiger partial charge in [-0.05, 0) is 88.0 Å². The molecular formula is C29H36N4O2. The van der Waals surface area contributed by atoms with Crippen LogP contribution in [0.5, 0.6) is 0 Å². The third kappa shape index (κ3) is 3.82. The molecule has 0 unspecified atom stereocenters. The second-order valence-electron chi connectivity index (χ2n) is 11.7. The van der Waals surface area contributed by atoms with Crippen LogP contribution in [0.25, 0.3) is 10.8 Å². The first kappa shape index (κ1) is 22.6. The maximum Gasteiger partial charge on any atom is 0.276 e. The first-order chi connectivity index (χ1) is 16.8. The standard InChI is InChI=1S/C29H36N4O2/c1-18-25-15-30-33(28(35)27(25)19(2)32(18)16-21-7-5-4-6-8-21)17-26(34)31-20(3)29-12-22-9-23(13-29)11-24(10-22)14-29/h4-8,15,20,22-24H,9-14,16-17H2,1-3H3,(H,31,34)/t20-,22?,23?,24?,29?/m1/s1. The molecule has 7 rings (SSSR count). The summed E-state index contributed by atoms with van der Waals surface area (Å²) in [6.07, 6.45) is 9.66. The summed E-state index contributed by atoms with van der Waals surface area (Å²) in [5.41, 5.74) is 3.19. The first-order valence-electron chi connectivity index (χ1n) is 13.2. The van der Waals surface area contributed by atoms with Crippen molar-refractivity contribution in [2.24, 2.45) is 23.2 Å². The monoisotopic (exact) mass is 472 g/mol. The molecule has 0 radical (unpaired) electrons. The van der Waals surface area contributed by atoms with Crippen LogP contribution < -0.4 is 10.9 Å². The van der Waals surface area contributed by atoms with Crippen LogP contribution in [0, 0.1) is 37.0 Å². The zero-order chi connectivity index (χ0) is 24.3. The van der Waals surface area contributed by atoms with Crippen molar-refractivity contribution in [1.29, 1.82) is 0 Å². The molecule has 1 atom stereocenters. The Morgan fingerprint density at radius 2 is 1.69 bits per heavy atom. The highest BCUT2D eigenvalue weighted by Gasteiger charge is 2.53. The number of carbonyl (C=O) groups excluding carboxylic acids is 1. The molecule has 184 valence electrons. The smallest absolute Gasteiger partial charge is 0.276 e. The van der Waals surface area contributed by atoms with E-state index in [1.165, 1.54) is 48.8 Å². The highest BCUT2D eigenvalue weighted by Crippen LogP contribution is 2.61. The predicted octanol–water partition coefficient (Wildman–Crippen LogP) is 4.58. The highest BCUT2D eigenvalue weighted by molar-refractivity contribution is 5.87. The Hall–Kier alpha value is -2.89. The topological polar surface area (TPSA) is 68.9 Å². The minimum Gasteiger partial charge on any atom is -0.351 e. The Kier molecular flexibility index (Phi) is 5.39. The molecule has 2 aromatic heterocycles. The second kappa shape index (κ2) is 8.35. The van der Waals surface area contributed by atoms with Gasteiger partial charge in [-0.25, -0.2) is 4.68 Å². The zero-order valence-corrected chi connectivity index (χ0v) is 21.1. The molecule has 3 aromatic rings. The van der Waals surface area contributed by atoms with Crippen LogP contribution in [0.1, 0.15) is 62.4 Å². The molecule has 6 heteroatoms. The number of benzene rings is 1. The molecule has 4 aliphatic carbocycles. The molecule has 4 bridgehead atoms. The largest absolute Gasteiger partial charge is 0.351 e. The number of fused-ring (bicyclic) bond motifs is 1. The molecule has 6 nitrogen and oxygen atoms in total. The van der Waals surface area contributed by atoms with Gasteiger partial charge in [0, 0.05) is 29.4 Å². The number of hydrogen-bond acceptors (Lipinski definition) is 3. The molecule has 0 saturated heterocycles. The second-order valence-corrected chi connectivity index (χ2v) is 11.7. The van der Waals surface area contributed by atoms with Crippen molar-refractivity contribution in [2.45, 2.75) is 78.4 Å². The van der Waals surface area contributed by atoms with Crippen LogP contribution in [0.15, 0.2) is 41.3 Å². The van der Waals surface area contributed by atoms with E-state index in [2.05, 4.69) is 34.0 Å². The summed E-state index contributed by atoms with van der Waals surface area (Å²) in [4.78, 5) is 26.5. The van der Waals surface area contributed by atoms with Crippen molar-refractivity contribution in [1.82, 2.24) is 19.7 Å². The number of nitrogens with one attached hydrogen (secondary N) is 1. The average Bonchev–Trinajstić information content (AvgIpc) is 3.05. The van der Waals surface area contributed by atoms with E-state index in [9.17, 15) is 9.59 Å². The third-order valence-electron chi connectivity index (χ3n) is 9.46. The maximum absolute atomic E-state index is 13.4. The SMILES string of the molecule is Cc1c2cnn(CC(=O)N[C@H](C)C34CC5CC(CC(C5)C3)C4)c(=O)c2c(C)n1Cc1ccccc1. The summed E-state index contributed by atoms with van der Waals surface area (Å²) < 4.78 is 3.51. The lowest BCUT2D eigenvalue weighted by atomic mass is 9.48. The first-order valence-corrected chi connectivity index (χ1v) is 13.2. The summed E-state index contributed by atoms with van der Waals surface area (Å²) in [6.45, 7) is 6.87. The number of hydrogen-bond donors (Lipinski definition) is 1. The van der Waals surface area contributed by atoms with Crippen LogP contribution in [-0.2, 0) is 17.9 Å². The van der Waals surface area contributed by atoms with E-state index in [4.69, 9.17) is 0 Å². The summed E-state index contributed by atoms with van der Waals surface area (Å²) in [6, 6.07) is 10.4. The molecule has 1 amide bonds. The Labute approximate surface area is 206 Å². The van der Waals surface area contributed by atoms with Gasteiger partial charge in [-0.3, -0.25) is 9.59 Å². The molecule has 0 spiro atoms. The molecule has 2 heterocycles. The highest BCUT2D eigenvalue weighted by atomic mass is 16.2. The Morgan fingerprint density at radius 1 is 1.06 bits per heavy atom. The van der Waals surface area contributed by atoms with Gasteiger partial charge in [-0.2, -0.15) is 5.10 Å². The van der Waals surface area contributed by atoms with E-state index in [-0.39, 0.29) is 29.5 Å². The zero-order valence-electron chi connectivity index (χ0n) is 21.1. The summed E-state index contributed by atoms with van der Waals surface area (Å²) in [5.74, 6) is 2.43. The quantitative estimate of drug-likeness (QED) is 0.571. The molecule has 1 N–H and O–H groups in total. The number of carbonyl (C=O) groups is 1. The van der Waals surface area contributed by atoms with Gasteiger partial charge in [-0.1, -0.05) is 30.3 Å². The molecule has 35 heavy (non-hydrogen) atoms. The van der Waals surface area contributed by atoms with Gasteiger partial charge in [0.25, 0.3) is 5.56 Å². The number of amides is 1. The normalized spacial score (nSPS) is 27.9. The molecule has 4 saturated carbocycles. The lowest BCUT2D eigenvalue weighted by Crippen LogP contribution is -2.56. The minimum absolute atomic E-state index is 0.0339. The van der Waals surface area contributed by atoms with Crippen LogP contribution in [0.2, 0.25) is 0 Å². The van der Waals surface area contributed by atoms with Crippen molar-refractivity contribution in [2.75, 3.05) is 0 Å². The fourth-order valence-electron chi connectivity index (χ4n) is 8.04. The third-order valence-corrected chi connectivity index (χ3v) is 9.46. The van der Waals surface area contributed by atoms with Gasteiger partial charge < -0.3 is 9.88 Å². The molecular weight excluding hydrogens is 436 g/mol. The van der Waals surface area contributed by atoms with Crippen molar-refractivity contribution in [3.8, 4) is 0 Å². The van der Waals surface area contributed by atoms with Gasteiger partial charge in [0.2, 0.25) is 5.91 Å². The van der Waals surface area contributed by atoms with Gasteiger partial charge in [-0.15, -0.1) is 0 Å². The van der Waals surface area contributed by atoms with Crippen LogP contribution in [-0.4, -0.2) is 26.3 Å². The van der Waals surface area contributed by atoms with Gasteiger partial charge in [0.15, 0.2) is 0 Å². The van der Waals surface area contributed by atoms with Crippen LogP contribution >= 0.6 is 0 Å². The lowest BCUT2D eigenvalue weighted by Gasteiger charge is -2.59. The molecule has 4 fully saturated rings. The Bertz CT molecular complexity index is 1300. The number of rotatable bonds is 6. The Balaban J connectivity index is 1.22. The van der Waals surface area contributed by atoms with E-state index in [1.807, 2.05) is 32.0 Å². The predicted molar refractivity (Wildman–Crippen MR) is 137 cm³/mol. The number of aryl methyl sites for hydroxylation is 2. The fraction of sp³-hybridized carbons (Fsp3) is 0.552. The van der Waals surface area contributed by atoms with Gasteiger partial charge in [0.1, 0.15) is 6.54 Å². The van der Waals surface area contributed by atoms with E-state index < -0.39 is 0 Å². The average molecular weight is 473 g/mol. The Morgan fingerprint density at radius 3 is 2.31 bits per heavy atom. The van der Waals surface area contributed by atoms with Crippen molar-refractivity contribution >= 4 is 16.7 Å². The summed E-state index contributed by atoms with van der Waals surface area (Å²) in [7, 11) is 0. The number of aromatic nitrogens is 3. The minimum atomic E-state index is -0.187. The van der Waals surface area contributed by atoms with Crippen molar-refractivity contribution in [3.05, 3.63) is 63.8 Å². The molecule has 1 aromatic carbocycles. The van der Waals surface area contributed by atoms with Crippen molar-refractivity contribution < 1.29 is 4.79 Å². The molecule has 0 aliphatic heterocycles. The fourth-order valence-corrected chi connectivity index (χ4v) is 8.04. The van der Waals surface area contributed by atoms with E-state index in [1.54, 1.807) is 6.20 Å². The van der Waals surface area contributed by atoms with Crippen LogP contribution in [0.4, 0.5) is 0 Å². The number of nitrogens with zero attached hydrogens (tertiary/aromatic N) is 3. The maximum atomic E-state index is 13.4. The summed E-state index contributed by atoms with van der Waals surface area (Å²) in [5, 5.41) is 9.20. The molecule has 4 aliphatic rings. The van der Waals surface area contributed by atoms with E-state index in [0.717, 1.165) is 34.5 Å². The van der Waals surface area contributed by atoms with Crippen molar-refractivity contribution in [3.63, 3.8) is 0 Å². The van der Waals surface area contributed by atoms with E-state index in [0.29, 0.717) is 11.9 Å². The van der Waals surface area contributed by atoms with Crippen LogP contribution in [0.3, 0.4) is 0 Å².